The van der Waals surface area contributed by atoms with Crippen molar-refractivity contribution >= 4 is 22.5 Å². The first-order chi connectivity index (χ1) is 14.6. The monoisotopic (exact) mass is 429 g/mol. The van der Waals surface area contributed by atoms with Gasteiger partial charge in [-0.25, -0.2) is 4.68 Å². The summed E-state index contributed by atoms with van der Waals surface area (Å²) in [6.07, 6.45) is 7.98. The minimum absolute atomic E-state index is 0.0460. The summed E-state index contributed by atoms with van der Waals surface area (Å²) in [6.45, 7) is 2.23. The molecule has 0 unspecified atom stereocenters. The Balaban J connectivity index is 1.52. The second-order valence-electron chi connectivity index (χ2n) is 8.46. The number of nitrogens with zero attached hydrogens (tertiary/aromatic N) is 2. The van der Waals surface area contributed by atoms with E-state index in [-0.39, 0.29) is 11.8 Å². The standard InChI is InChI=1S/C23H31N3O3S/c1-3-4-5-16-6-8-17(9-7-16)23(27)24-22-20-14-30(28)15-21(20)25-26(22)18-10-12-19(29-2)13-11-18/h10-13,16-17H,3-9,14-15H2,1-2H3,(H,24,27)/t16?,17?,30-/m0/s1. The van der Waals surface area contributed by atoms with Crippen LogP contribution in [0.2, 0.25) is 0 Å². The van der Waals surface area contributed by atoms with Gasteiger partial charge in [-0.1, -0.05) is 26.2 Å². The summed E-state index contributed by atoms with van der Waals surface area (Å²) >= 11 is 0. The number of rotatable bonds is 7. The minimum Gasteiger partial charge on any atom is -0.497 e. The fourth-order valence-corrected chi connectivity index (χ4v) is 5.86. The van der Waals surface area contributed by atoms with E-state index < -0.39 is 10.8 Å². The van der Waals surface area contributed by atoms with Crippen LogP contribution in [0, 0.1) is 11.8 Å². The highest BCUT2D eigenvalue weighted by molar-refractivity contribution is 7.83. The van der Waals surface area contributed by atoms with E-state index >= 15 is 0 Å². The molecule has 1 saturated carbocycles. The predicted molar refractivity (Wildman–Crippen MR) is 119 cm³/mol. The van der Waals surface area contributed by atoms with Crippen LogP contribution in [-0.2, 0) is 27.1 Å². The SMILES string of the molecule is CCCCC1CCC(C(=O)Nc2c3c(nn2-c2ccc(OC)cc2)C[S@@](=O)C3)CC1. The Morgan fingerprint density at radius 2 is 1.93 bits per heavy atom. The summed E-state index contributed by atoms with van der Waals surface area (Å²) in [4.78, 5) is 13.1. The van der Waals surface area contributed by atoms with Gasteiger partial charge in [0.15, 0.2) is 0 Å². The van der Waals surface area contributed by atoms with E-state index in [0.29, 0.717) is 17.3 Å². The molecule has 0 saturated heterocycles. The zero-order valence-electron chi connectivity index (χ0n) is 17.9. The fraction of sp³-hybridized carbons (Fsp3) is 0.565. The van der Waals surface area contributed by atoms with Crippen molar-refractivity contribution < 1.29 is 13.7 Å². The highest BCUT2D eigenvalue weighted by atomic mass is 32.2. The van der Waals surface area contributed by atoms with E-state index in [0.717, 1.165) is 54.3 Å². The predicted octanol–water partition coefficient (Wildman–Crippen LogP) is 4.58. The van der Waals surface area contributed by atoms with E-state index in [1.807, 2.05) is 24.3 Å². The summed E-state index contributed by atoms with van der Waals surface area (Å²) in [5, 5.41) is 7.84. The maximum absolute atomic E-state index is 13.1. The number of hydrogen-bond acceptors (Lipinski definition) is 4. The number of nitrogens with one attached hydrogen (secondary N) is 1. The lowest BCUT2D eigenvalue weighted by molar-refractivity contribution is -0.121. The molecule has 0 radical (unpaired) electrons. The number of anilines is 1. The molecular weight excluding hydrogens is 398 g/mol. The molecule has 2 aromatic rings. The van der Waals surface area contributed by atoms with Gasteiger partial charge in [0.2, 0.25) is 5.91 Å². The van der Waals surface area contributed by atoms with Gasteiger partial charge in [-0.15, -0.1) is 0 Å². The number of unbranched alkanes of at least 4 members (excludes halogenated alkanes) is 1. The average molecular weight is 430 g/mol. The molecule has 162 valence electrons. The first-order valence-corrected chi connectivity index (χ1v) is 12.5. The highest BCUT2D eigenvalue weighted by Gasteiger charge is 2.31. The maximum atomic E-state index is 13.1. The molecule has 1 aromatic heterocycles. The number of amides is 1. The molecule has 1 amide bonds. The normalized spacial score (nSPS) is 23.2. The zero-order valence-corrected chi connectivity index (χ0v) is 18.7. The van der Waals surface area contributed by atoms with Crippen LogP contribution in [0.15, 0.2) is 24.3 Å². The Morgan fingerprint density at radius 3 is 2.60 bits per heavy atom. The van der Waals surface area contributed by atoms with Crippen molar-refractivity contribution in [2.75, 3.05) is 12.4 Å². The van der Waals surface area contributed by atoms with Crippen molar-refractivity contribution in [3.63, 3.8) is 0 Å². The molecule has 30 heavy (non-hydrogen) atoms. The van der Waals surface area contributed by atoms with Crippen LogP contribution in [0.3, 0.4) is 0 Å². The van der Waals surface area contributed by atoms with Crippen LogP contribution in [0.5, 0.6) is 5.75 Å². The van der Waals surface area contributed by atoms with Crippen molar-refractivity contribution in [2.24, 2.45) is 11.8 Å². The second kappa shape index (κ2) is 9.33. The van der Waals surface area contributed by atoms with E-state index in [1.54, 1.807) is 11.8 Å². The van der Waals surface area contributed by atoms with Crippen LogP contribution in [0.25, 0.3) is 5.69 Å². The van der Waals surface area contributed by atoms with Gasteiger partial charge in [-0.2, -0.15) is 5.10 Å². The number of carbonyl (C=O) groups is 1. The minimum atomic E-state index is -0.943. The Morgan fingerprint density at radius 1 is 1.20 bits per heavy atom. The van der Waals surface area contributed by atoms with E-state index in [4.69, 9.17) is 4.74 Å². The number of benzene rings is 1. The molecule has 4 rings (SSSR count). The lowest BCUT2D eigenvalue weighted by atomic mass is 9.79. The third-order valence-corrected chi connectivity index (χ3v) is 7.62. The van der Waals surface area contributed by atoms with E-state index in [2.05, 4.69) is 17.3 Å². The number of hydrogen-bond donors (Lipinski definition) is 1. The lowest BCUT2D eigenvalue weighted by Crippen LogP contribution is -2.28. The number of aromatic nitrogens is 2. The Hall–Kier alpha value is -2.15. The topological polar surface area (TPSA) is 73.2 Å². The molecular formula is C23H31N3O3S. The van der Waals surface area contributed by atoms with Gasteiger partial charge in [-0.3, -0.25) is 9.00 Å². The molecule has 0 spiro atoms. The van der Waals surface area contributed by atoms with Crippen molar-refractivity contribution in [3.8, 4) is 11.4 Å². The third-order valence-electron chi connectivity index (χ3n) is 6.41. The first-order valence-electron chi connectivity index (χ1n) is 11.0. The second-order valence-corrected chi connectivity index (χ2v) is 9.92. The number of methoxy groups -OCH3 is 1. The van der Waals surface area contributed by atoms with E-state index in [1.165, 1.54) is 19.3 Å². The van der Waals surface area contributed by atoms with Gasteiger partial charge in [0.1, 0.15) is 11.6 Å². The van der Waals surface area contributed by atoms with Crippen LogP contribution in [0.4, 0.5) is 5.82 Å². The van der Waals surface area contributed by atoms with E-state index in [9.17, 15) is 9.00 Å². The summed E-state index contributed by atoms with van der Waals surface area (Å²) in [6, 6.07) is 7.60. The van der Waals surface area contributed by atoms with Crippen LogP contribution in [0.1, 0.15) is 63.1 Å². The van der Waals surface area contributed by atoms with Crippen LogP contribution >= 0.6 is 0 Å². The van der Waals surface area contributed by atoms with Gasteiger partial charge in [0, 0.05) is 22.3 Å². The van der Waals surface area contributed by atoms with Crippen LogP contribution in [-0.4, -0.2) is 27.0 Å². The Bertz CT molecular complexity index is 915. The summed E-state index contributed by atoms with van der Waals surface area (Å²) in [7, 11) is 0.691. The summed E-state index contributed by atoms with van der Waals surface area (Å²) in [5.41, 5.74) is 2.59. The maximum Gasteiger partial charge on any atom is 0.228 e. The van der Waals surface area contributed by atoms with Crippen LogP contribution < -0.4 is 10.1 Å². The highest BCUT2D eigenvalue weighted by Crippen LogP contribution is 2.35. The molecule has 1 aliphatic carbocycles. The molecule has 0 bridgehead atoms. The van der Waals surface area contributed by atoms with Gasteiger partial charge in [-0.05, 0) is 55.9 Å². The molecule has 6 nitrogen and oxygen atoms in total. The lowest BCUT2D eigenvalue weighted by Gasteiger charge is -2.27. The van der Waals surface area contributed by atoms with Gasteiger partial charge in [0.05, 0.1) is 30.0 Å². The molecule has 1 fully saturated rings. The Kier molecular flexibility index (Phi) is 6.56. The van der Waals surface area contributed by atoms with Crippen molar-refractivity contribution in [2.45, 2.75) is 63.4 Å². The molecule has 7 heteroatoms. The number of ether oxygens (including phenoxy) is 1. The number of fused-ring (bicyclic) bond motifs is 1. The van der Waals surface area contributed by atoms with Gasteiger partial charge in [0.25, 0.3) is 0 Å². The molecule has 1 N–H and O–H groups in total. The van der Waals surface area contributed by atoms with Gasteiger partial charge < -0.3 is 10.1 Å². The molecule has 2 heterocycles. The smallest absolute Gasteiger partial charge is 0.228 e. The van der Waals surface area contributed by atoms with Crippen molar-refractivity contribution in [1.82, 2.24) is 9.78 Å². The van der Waals surface area contributed by atoms with Crippen molar-refractivity contribution in [1.29, 1.82) is 0 Å². The Labute approximate surface area is 180 Å². The number of carbonyl (C=O) groups excluding carboxylic acids is 1. The molecule has 1 atom stereocenters. The van der Waals surface area contributed by atoms with Gasteiger partial charge >= 0.3 is 0 Å². The molecule has 1 aliphatic heterocycles. The zero-order chi connectivity index (χ0) is 21.1. The summed E-state index contributed by atoms with van der Waals surface area (Å²) < 4.78 is 19.1. The molecule has 2 aliphatic rings. The first kappa shape index (κ1) is 21.1. The van der Waals surface area contributed by atoms with Crippen molar-refractivity contribution in [3.05, 3.63) is 35.5 Å². The third kappa shape index (κ3) is 4.46. The fourth-order valence-electron chi connectivity index (χ4n) is 4.59. The quantitative estimate of drug-likeness (QED) is 0.699. The molecule has 1 aromatic carbocycles. The largest absolute Gasteiger partial charge is 0.497 e. The average Bonchev–Trinajstić information content (AvgIpc) is 3.29. The summed E-state index contributed by atoms with van der Waals surface area (Å²) in [5.74, 6) is 3.23.